The number of rotatable bonds is 3. The molecule has 0 saturated carbocycles. The molecule has 1 aliphatic rings. The van der Waals surface area contributed by atoms with Crippen molar-refractivity contribution in [1.29, 1.82) is 0 Å². The third-order valence-corrected chi connectivity index (χ3v) is 4.62. The van der Waals surface area contributed by atoms with E-state index in [0.29, 0.717) is 29.7 Å². The number of nitrogens with two attached hydrogens (primary N) is 1. The normalized spacial score (nSPS) is 17.6. The number of anilines is 1. The average Bonchev–Trinajstić information content (AvgIpc) is 3.10. The van der Waals surface area contributed by atoms with Crippen LogP contribution in [-0.4, -0.2) is 29.6 Å². The molecule has 0 unspecified atom stereocenters. The molecular formula is C19H19FN4. The minimum absolute atomic E-state index is 0.270. The zero-order valence-corrected chi connectivity index (χ0v) is 13.3. The molecule has 2 aromatic carbocycles. The van der Waals surface area contributed by atoms with E-state index in [9.17, 15) is 4.39 Å². The highest BCUT2D eigenvalue weighted by molar-refractivity contribution is 5.93. The van der Waals surface area contributed by atoms with Crippen molar-refractivity contribution in [2.24, 2.45) is 11.7 Å². The predicted molar refractivity (Wildman–Crippen MR) is 94.3 cm³/mol. The van der Waals surface area contributed by atoms with E-state index in [4.69, 9.17) is 15.7 Å². The maximum atomic E-state index is 14.3. The lowest BCUT2D eigenvalue weighted by molar-refractivity contribution is 0.602. The van der Waals surface area contributed by atoms with E-state index < -0.39 is 0 Å². The van der Waals surface area contributed by atoms with E-state index in [1.807, 2.05) is 30.3 Å². The van der Waals surface area contributed by atoms with Gasteiger partial charge in [0.1, 0.15) is 5.82 Å². The molecule has 24 heavy (non-hydrogen) atoms. The van der Waals surface area contributed by atoms with Gasteiger partial charge in [-0.3, -0.25) is 0 Å². The van der Waals surface area contributed by atoms with E-state index >= 15 is 0 Å². The van der Waals surface area contributed by atoms with Gasteiger partial charge in [-0.2, -0.15) is 0 Å². The highest BCUT2D eigenvalue weighted by Crippen LogP contribution is 2.31. The van der Waals surface area contributed by atoms with Crippen LogP contribution in [0.15, 0.2) is 48.5 Å². The lowest BCUT2D eigenvalue weighted by atomic mass is 10.1. The summed E-state index contributed by atoms with van der Waals surface area (Å²) in [5.74, 6) is 0.855. The highest BCUT2D eigenvalue weighted by atomic mass is 19.1. The van der Waals surface area contributed by atoms with Gasteiger partial charge < -0.3 is 10.6 Å². The summed E-state index contributed by atoms with van der Waals surface area (Å²) in [6.45, 7) is 2.41. The Bertz CT molecular complexity index is 880. The lowest BCUT2D eigenvalue weighted by Crippen LogP contribution is -2.24. The monoisotopic (exact) mass is 322 g/mol. The summed E-state index contributed by atoms with van der Waals surface area (Å²) >= 11 is 0. The van der Waals surface area contributed by atoms with Gasteiger partial charge in [0.25, 0.3) is 0 Å². The van der Waals surface area contributed by atoms with Crippen LogP contribution in [0, 0.1) is 11.7 Å². The van der Waals surface area contributed by atoms with E-state index in [0.717, 1.165) is 30.4 Å². The highest BCUT2D eigenvalue weighted by Gasteiger charge is 2.24. The Morgan fingerprint density at radius 2 is 1.88 bits per heavy atom. The number of fused-ring (bicyclic) bond motifs is 1. The second-order valence-corrected chi connectivity index (χ2v) is 6.21. The second-order valence-electron chi connectivity index (χ2n) is 6.21. The standard InChI is InChI=1S/C19H19FN4/c20-16-7-3-1-5-14(16)18-15-6-2-4-8-17(15)22-19(23-18)24-10-9-13(11-21)12-24/h1-8,13H,9-12,21H2/t13-/m0/s1. The minimum Gasteiger partial charge on any atom is -0.340 e. The number of aromatic nitrogens is 2. The van der Waals surface area contributed by atoms with Gasteiger partial charge in [-0.1, -0.05) is 30.3 Å². The molecule has 1 fully saturated rings. The van der Waals surface area contributed by atoms with Gasteiger partial charge in [0.05, 0.1) is 11.2 Å². The first kappa shape index (κ1) is 15.0. The number of para-hydroxylation sites is 1. The molecule has 5 heteroatoms. The molecule has 1 atom stereocenters. The first-order chi connectivity index (χ1) is 11.8. The van der Waals surface area contributed by atoms with Crippen molar-refractivity contribution in [3.63, 3.8) is 0 Å². The van der Waals surface area contributed by atoms with Crippen LogP contribution >= 0.6 is 0 Å². The smallest absolute Gasteiger partial charge is 0.226 e. The zero-order valence-electron chi connectivity index (χ0n) is 13.3. The molecule has 1 saturated heterocycles. The van der Waals surface area contributed by atoms with E-state index in [1.54, 1.807) is 12.1 Å². The number of halogens is 1. The van der Waals surface area contributed by atoms with Gasteiger partial charge in [-0.15, -0.1) is 0 Å². The van der Waals surface area contributed by atoms with Crippen molar-refractivity contribution >= 4 is 16.9 Å². The maximum absolute atomic E-state index is 14.3. The molecule has 4 nitrogen and oxygen atoms in total. The van der Waals surface area contributed by atoms with Crippen molar-refractivity contribution in [2.45, 2.75) is 6.42 Å². The third kappa shape index (κ3) is 2.61. The first-order valence-electron chi connectivity index (χ1n) is 8.23. The Labute approximate surface area is 140 Å². The fraction of sp³-hybridized carbons (Fsp3) is 0.263. The summed E-state index contributed by atoms with van der Waals surface area (Å²) < 4.78 is 14.3. The molecule has 1 aliphatic heterocycles. The minimum atomic E-state index is -0.270. The van der Waals surface area contributed by atoms with Crippen molar-refractivity contribution in [1.82, 2.24) is 9.97 Å². The topological polar surface area (TPSA) is 55.0 Å². The summed E-state index contributed by atoms with van der Waals surface area (Å²) in [5, 5.41) is 0.862. The number of hydrogen-bond donors (Lipinski definition) is 1. The molecule has 1 aromatic heterocycles. The van der Waals surface area contributed by atoms with Crippen molar-refractivity contribution in [2.75, 3.05) is 24.5 Å². The molecule has 0 radical (unpaired) electrons. The fourth-order valence-corrected chi connectivity index (χ4v) is 3.27. The van der Waals surface area contributed by atoms with Gasteiger partial charge in [-0.25, -0.2) is 14.4 Å². The number of benzene rings is 2. The Morgan fingerprint density at radius 3 is 2.67 bits per heavy atom. The van der Waals surface area contributed by atoms with Crippen LogP contribution < -0.4 is 10.6 Å². The average molecular weight is 322 g/mol. The van der Waals surface area contributed by atoms with E-state index in [1.165, 1.54) is 6.07 Å². The summed E-state index contributed by atoms with van der Waals surface area (Å²) in [7, 11) is 0. The number of hydrogen-bond acceptors (Lipinski definition) is 4. The summed E-state index contributed by atoms with van der Waals surface area (Å²) in [4.78, 5) is 11.6. The third-order valence-electron chi connectivity index (χ3n) is 4.62. The Kier molecular flexibility index (Phi) is 3.86. The van der Waals surface area contributed by atoms with Gasteiger partial charge in [0.2, 0.25) is 5.95 Å². The van der Waals surface area contributed by atoms with E-state index in [-0.39, 0.29) is 5.82 Å². The van der Waals surface area contributed by atoms with Crippen molar-refractivity contribution < 1.29 is 4.39 Å². The zero-order chi connectivity index (χ0) is 16.5. The molecule has 2 N–H and O–H groups in total. The molecular weight excluding hydrogens is 303 g/mol. The summed E-state index contributed by atoms with van der Waals surface area (Å²) in [6, 6.07) is 14.5. The van der Waals surface area contributed by atoms with Gasteiger partial charge >= 0.3 is 0 Å². The molecule has 122 valence electrons. The van der Waals surface area contributed by atoms with Gasteiger partial charge in [0.15, 0.2) is 0 Å². The Hall–Kier alpha value is -2.53. The van der Waals surface area contributed by atoms with Crippen LogP contribution in [0.2, 0.25) is 0 Å². The van der Waals surface area contributed by atoms with Crippen molar-refractivity contribution in [3.05, 3.63) is 54.3 Å². The van der Waals surface area contributed by atoms with Gasteiger partial charge in [-0.05, 0) is 37.1 Å². The lowest BCUT2D eigenvalue weighted by Gasteiger charge is -2.18. The summed E-state index contributed by atoms with van der Waals surface area (Å²) in [5.41, 5.74) is 7.77. The molecule has 3 aromatic rings. The molecule has 4 rings (SSSR count). The van der Waals surface area contributed by atoms with Gasteiger partial charge in [0, 0.05) is 24.0 Å². The van der Waals surface area contributed by atoms with Crippen LogP contribution in [0.25, 0.3) is 22.2 Å². The Morgan fingerprint density at radius 1 is 1.08 bits per heavy atom. The molecule has 0 aliphatic carbocycles. The molecule has 2 heterocycles. The largest absolute Gasteiger partial charge is 0.340 e. The molecule has 0 bridgehead atoms. The van der Waals surface area contributed by atoms with Crippen LogP contribution in [0.5, 0.6) is 0 Å². The van der Waals surface area contributed by atoms with Crippen LogP contribution in [0.3, 0.4) is 0 Å². The fourth-order valence-electron chi connectivity index (χ4n) is 3.27. The molecule has 0 amide bonds. The number of nitrogens with zero attached hydrogens (tertiary/aromatic N) is 3. The first-order valence-corrected chi connectivity index (χ1v) is 8.23. The maximum Gasteiger partial charge on any atom is 0.226 e. The Balaban J connectivity index is 1.87. The SMILES string of the molecule is NC[C@@H]1CCN(c2nc(-c3ccccc3F)c3ccccc3n2)C1. The predicted octanol–water partition coefficient (Wildman–Crippen LogP) is 3.22. The summed E-state index contributed by atoms with van der Waals surface area (Å²) in [6.07, 6.45) is 1.04. The van der Waals surface area contributed by atoms with Crippen LogP contribution in [-0.2, 0) is 0 Å². The van der Waals surface area contributed by atoms with Crippen LogP contribution in [0.1, 0.15) is 6.42 Å². The second kappa shape index (κ2) is 6.17. The van der Waals surface area contributed by atoms with Crippen molar-refractivity contribution in [3.8, 4) is 11.3 Å². The quantitative estimate of drug-likeness (QED) is 0.804. The van der Waals surface area contributed by atoms with E-state index in [2.05, 4.69) is 4.90 Å². The molecule has 0 spiro atoms. The van der Waals surface area contributed by atoms with Crippen LogP contribution in [0.4, 0.5) is 10.3 Å².